The Labute approximate surface area is 256 Å². The van der Waals surface area contributed by atoms with Gasteiger partial charge in [0.2, 0.25) is 12.4 Å². The Hall–Kier alpha value is -5.12. The Balaban J connectivity index is 1.44. The van der Waals surface area contributed by atoms with Crippen LogP contribution in [0.4, 0.5) is 11.4 Å². The van der Waals surface area contributed by atoms with Crippen molar-refractivity contribution >= 4 is 33.1 Å². The summed E-state index contributed by atoms with van der Waals surface area (Å²) >= 11 is 0. The Morgan fingerprint density at radius 2 is 1.20 bits per heavy atom. The predicted molar refractivity (Wildman–Crippen MR) is 176 cm³/mol. The van der Waals surface area contributed by atoms with Gasteiger partial charge in [0.1, 0.15) is 10.9 Å². The molecule has 44 heavy (non-hydrogen) atoms. The van der Waals surface area contributed by atoms with Crippen molar-refractivity contribution in [3.63, 3.8) is 0 Å². The van der Waals surface area contributed by atoms with Gasteiger partial charge in [-0.05, 0) is 56.8 Å². The van der Waals surface area contributed by atoms with Gasteiger partial charge in [-0.15, -0.1) is 0 Å². The Bertz CT molecular complexity index is 2450. The zero-order valence-electron chi connectivity index (χ0n) is 25.0. The lowest BCUT2D eigenvalue weighted by atomic mass is 9.64. The summed E-state index contributed by atoms with van der Waals surface area (Å²) in [6.07, 6.45) is 4.66. The van der Waals surface area contributed by atoms with Crippen molar-refractivity contribution in [1.29, 1.82) is 0 Å². The fourth-order valence-corrected chi connectivity index (χ4v) is 9.36. The molecule has 3 nitrogen and oxygen atoms in total. The van der Waals surface area contributed by atoms with Crippen molar-refractivity contribution in [2.75, 3.05) is 0 Å². The van der Waals surface area contributed by atoms with Crippen LogP contribution in [-0.2, 0) is 10.8 Å². The van der Waals surface area contributed by atoms with Crippen LogP contribution in [0.1, 0.15) is 48.6 Å². The minimum absolute atomic E-state index is 0.0395. The second-order valence-corrected chi connectivity index (χ2v) is 14.0. The molecule has 0 N–H and O–H groups in total. The first kappa shape index (κ1) is 23.3. The van der Waals surface area contributed by atoms with Gasteiger partial charge in [-0.25, -0.2) is 0 Å². The molecule has 0 saturated heterocycles. The lowest BCUT2D eigenvalue weighted by Gasteiger charge is -2.38. The molecule has 0 radical (unpaired) electrons. The molecule has 1 atom stereocenters. The van der Waals surface area contributed by atoms with Gasteiger partial charge in [-0.1, -0.05) is 99.6 Å². The largest absolute Gasteiger partial charge is 0.294 e. The van der Waals surface area contributed by atoms with Crippen LogP contribution in [-0.4, -0.2) is 0 Å². The first-order chi connectivity index (χ1) is 21.5. The van der Waals surface area contributed by atoms with Gasteiger partial charge in [0.25, 0.3) is 22.6 Å². The average Bonchev–Trinajstić information content (AvgIpc) is 3.64. The highest BCUT2D eigenvalue weighted by Crippen LogP contribution is 2.67. The van der Waals surface area contributed by atoms with E-state index in [0.29, 0.717) is 4.70 Å². The maximum atomic E-state index is 2.55. The van der Waals surface area contributed by atoms with Crippen LogP contribution < -0.4 is 14.1 Å². The first-order valence-corrected chi connectivity index (χ1v) is 15.7. The number of nitrogens with zero attached hydrogens (tertiary/aromatic N) is 3. The van der Waals surface area contributed by atoms with E-state index in [1.165, 1.54) is 83.3 Å². The summed E-state index contributed by atoms with van der Waals surface area (Å²) < 4.78 is 5.60. The molecule has 5 aromatic carbocycles. The average molecular weight is 565 g/mol. The summed E-state index contributed by atoms with van der Waals surface area (Å²) in [5, 5.41) is 3.93. The maximum Gasteiger partial charge on any atom is 0.294 e. The Kier molecular flexibility index (Phi) is 3.80. The lowest BCUT2D eigenvalue weighted by molar-refractivity contribution is -1.02. The third kappa shape index (κ3) is 2.23. The fourth-order valence-electron chi connectivity index (χ4n) is 9.36. The van der Waals surface area contributed by atoms with E-state index in [4.69, 9.17) is 0 Å². The standard InChI is InChI=1S/C41H30N3/c1-40(2,3)27-21-23-42-35(24-27)30-13-8-16-33-38(30)44(42)39-34(20-19-25-17-18-26-10-9-22-43(44)37(26)36(25)39)41(33)31-14-6-4-11-28(31)29-12-5-7-15-32(29)41/h4-24H,1-3H3/q+3. The Morgan fingerprint density at radius 1 is 0.545 bits per heavy atom. The molecule has 3 aliphatic heterocycles. The minimum Gasteiger partial charge on any atom is -0.0619 e. The van der Waals surface area contributed by atoms with E-state index >= 15 is 0 Å². The normalized spacial score (nSPS) is 18.6. The molecule has 3 heteroatoms. The van der Waals surface area contributed by atoms with E-state index in [2.05, 4.69) is 158 Å². The minimum atomic E-state index is -0.427. The quantitative estimate of drug-likeness (QED) is 0.0993. The third-order valence-electron chi connectivity index (χ3n) is 11.0. The second kappa shape index (κ2) is 7.15. The van der Waals surface area contributed by atoms with E-state index in [9.17, 15) is 0 Å². The molecule has 7 aromatic rings. The van der Waals surface area contributed by atoms with Crippen molar-refractivity contribution in [2.24, 2.45) is 0 Å². The predicted octanol–water partition coefficient (Wildman–Crippen LogP) is 8.40. The summed E-state index contributed by atoms with van der Waals surface area (Å²) in [7, 11) is 0. The fraction of sp³-hybridized carbons (Fsp3) is 0.122. The molecule has 0 fully saturated rings. The summed E-state index contributed by atoms with van der Waals surface area (Å²) in [5.74, 6) is 0. The van der Waals surface area contributed by atoms with Crippen LogP contribution in [0.3, 0.4) is 0 Å². The number of hydrogen-bond donors (Lipinski definition) is 0. The summed E-state index contributed by atoms with van der Waals surface area (Å²) in [6, 6.07) is 44.1. The molecule has 206 valence electrons. The number of rotatable bonds is 0. The molecule has 0 saturated carbocycles. The highest BCUT2D eigenvalue weighted by Gasteiger charge is 2.74. The number of para-hydroxylation sites is 1. The lowest BCUT2D eigenvalue weighted by Crippen LogP contribution is -2.82. The zero-order valence-corrected chi connectivity index (χ0v) is 25.0. The van der Waals surface area contributed by atoms with Crippen LogP contribution in [0.5, 0.6) is 0 Å². The molecule has 11 rings (SSSR count). The molecular formula is C41H30N3+3. The topological polar surface area (TPSA) is 7.76 Å². The monoisotopic (exact) mass is 564 g/mol. The number of hydrogen-bond acceptors (Lipinski definition) is 0. The van der Waals surface area contributed by atoms with E-state index in [1.807, 2.05) is 0 Å². The zero-order chi connectivity index (χ0) is 29.2. The highest BCUT2D eigenvalue weighted by molar-refractivity contribution is 6.15. The van der Waals surface area contributed by atoms with Gasteiger partial charge in [0, 0.05) is 29.3 Å². The van der Waals surface area contributed by atoms with Crippen LogP contribution in [0.2, 0.25) is 0 Å². The van der Waals surface area contributed by atoms with Gasteiger partial charge in [-0.2, -0.15) is 0 Å². The summed E-state index contributed by atoms with van der Waals surface area (Å²) in [4.78, 5) is 0. The third-order valence-corrected chi connectivity index (χ3v) is 11.0. The molecule has 1 aliphatic carbocycles. The second-order valence-electron chi connectivity index (χ2n) is 14.0. The highest BCUT2D eigenvalue weighted by atomic mass is 15.9. The smallest absolute Gasteiger partial charge is 0.0619 e. The number of pyridine rings is 2. The SMILES string of the molecule is CC(C)(C)c1cc[n+]2c(c1)-c1cccc3c1[N+]21c2c(ccc4ccc5ccc[n+]1c5c24)C31c2ccccc2-c2ccccc21. The van der Waals surface area contributed by atoms with Crippen molar-refractivity contribution in [3.05, 3.63) is 155 Å². The molecule has 2 aromatic heterocycles. The number of benzene rings is 5. The molecule has 4 aliphatic rings. The van der Waals surface area contributed by atoms with E-state index in [0.717, 1.165) is 0 Å². The van der Waals surface area contributed by atoms with Gasteiger partial charge in [-0.3, -0.25) is 0 Å². The van der Waals surface area contributed by atoms with Crippen LogP contribution >= 0.6 is 0 Å². The van der Waals surface area contributed by atoms with Gasteiger partial charge in [0.15, 0.2) is 4.70 Å². The summed E-state index contributed by atoms with van der Waals surface area (Å²) in [5.41, 5.74) is 15.8. The van der Waals surface area contributed by atoms with Crippen molar-refractivity contribution < 1.29 is 9.35 Å². The molecule has 2 spiro atoms. The van der Waals surface area contributed by atoms with Crippen LogP contribution in [0.15, 0.2) is 128 Å². The van der Waals surface area contributed by atoms with Crippen LogP contribution in [0, 0.1) is 0 Å². The van der Waals surface area contributed by atoms with Crippen LogP contribution in [0.25, 0.3) is 44.1 Å². The maximum absolute atomic E-state index is 2.55. The van der Waals surface area contributed by atoms with Gasteiger partial charge < -0.3 is 0 Å². The van der Waals surface area contributed by atoms with E-state index in [1.54, 1.807) is 0 Å². The van der Waals surface area contributed by atoms with Gasteiger partial charge >= 0.3 is 0 Å². The van der Waals surface area contributed by atoms with Crippen molar-refractivity contribution in [1.82, 2.24) is 4.70 Å². The van der Waals surface area contributed by atoms with Gasteiger partial charge in [0.05, 0.1) is 20.2 Å². The number of fused-ring (bicyclic) bond motifs is 9. The molecular weight excluding hydrogens is 534 g/mol. The number of quaternary nitrogens is 1. The molecule has 1 unspecified atom stereocenters. The van der Waals surface area contributed by atoms with E-state index in [-0.39, 0.29) is 5.41 Å². The van der Waals surface area contributed by atoms with Crippen molar-refractivity contribution in [3.8, 4) is 22.4 Å². The Morgan fingerprint density at radius 3 is 1.98 bits per heavy atom. The van der Waals surface area contributed by atoms with E-state index < -0.39 is 5.41 Å². The molecule has 5 heterocycles. The van der Waals surface area contributed by atoms with Crippen molar-refractivity contribution in [2.45, 2.75) is 31.6 Å². The molecule has 0 bridgehead atoms. The number of aromatic nitrogens is 2. The molecule has 0 amide bonds. The summed E-state index contributed by atoms with van der Waals surface area (Å²) in [6.45, 7) is 6.95. The first-order valence-electron chi connectivity index (χ1n) is 15.7.